The number of nitro groups is 1. The van der Waals surface area contributed by atoms with Crippen LogP contribution in [0.2, 0.25) is 0 Å². The van der Waals surface area contributed by atoms with Gasteiger partial charge in [0, 0.05) is 16.9 Å². The molecule has 1 unspecified atom stereocenters. The number of esters is 1. The number of piperidine rings is 1. The van der Waals surface area contributed by atoms with Gasteiger partial charge in [-0.2, -0.15) is 13.2 Å². The first-order valence-electron chi connectivity index (χ1n) is 6.78. The number of fused-ring (bicyclic) bond motifs is 1. The van der Waals surface area contributed by atoms with Gasteiger partial charge in [0.1, 0.15) is 0 Å². The summed E-state index contributed by atoms with van der Waals surface area (Å²) in [6.07, 6.45) is -3.64. The van der Waals surface area contributed by atoms with Crippen LogP contribution in [0.1, 0.15) is 25.7 Å². The molecule has 2 fully saturated rings. The highest BCUT2D eigenvalue weighted by atomic mass is 19.4. The van der Waals surface area contributed by atoms with Crippen LogP contribution in [0.15, 0.2) is 0 Å². The molecule has 0 aromatic heterocycles. The molecule has 0 bridgehead atoms. The smallest absolute Gasteiger partial charge is 0.410 e. The van der Waals surface area contributed by atoms with Gasteiger partial charge in [-0.05, 0) is 25.8 Å². The molecule has 0 spiro atoms. The maximum absolute atomic E-state index is 13.3. The number of hydrogen-bond acceptors (Lipinski definition) is 5. The minimum absolute atomic E-state index is 0.212. The summed E-state index contributed by atoms with van der Waals surface area (Å²) in [5.41, 5.74) is 0. The predicted octanol–water partition coefficient (Wildman–Crippen LogP) is 1.61. The van der Waals surface area contributed by atoms with E-state index in [0.29, 0.717) is 12.8 Å². The van der Waals surface area contributed by atoms with E-state index in [4.69, 9.17) is 0 Å². The Morgan fingerprint density at radius 1 is 1.48 bits per heavy atom. The molecule has 0 aliphatic carbocycles. The standard InChI is InChI=1S/C12H17F3N2O4/c1-21-9(18)6-7-5-8-3-2-4-16(8)11(12(13,14)15)10(7)17(19)20/h7-8,10-11H,2-6H2,1H3/t7-,8-,10-,11?/m0/s1. The molecule has 120 valence electrons. The summed E-state index contributed by atoms with van der Waals surface area (Å²) in [5, 5.41) is 11.2. The van der Waals surface area contributed by atoms with E-state index in [-0.39, 0.29) is 25.4 Å². The third kappa shape index (κ3) is 3.12. The van der Waals surface area contributed by atoms with Gasteiger partial charge in [0.2, 0.25) is 6.04 Å². The van der Waals surface area contributed by atoms with Gasteiger partial charge in [-0.1, -0.05) is 0 Å². The number of carbonyl (C=O) groups is 1. The van der Waals surface area contributed by atoms with Gasteiger partial charge in [0.25, 0.3) is 0 Å². The fraction of sp³-hybridized carbons (Fsp3) is 0.917. The Morgan fingerprint density at radius 2 is 2.14 bits per heavy atom. The highest BCUT2D eigenvalue weighted by Crippen LogP contribution is 2.43. The number of nitrogens with zero attached hydrogens (tertiary/aromatic N) is 2. The summed E-state index contributed by atoms with van der Waals surface area (Å²) in [6, 6.07) is -4.29. The van der Waals surface area contributed by atoms with Crippen molar-refractivity contribution in [2.45, 2.75) is 50.0 Å². The molecule has 0 radical (unpaired) electrons. The van der Waals surface area contributed by atoms with Gasteiger partial charge in [-0.3, -0.25) is 19.8 Å². The zero-order chi connectivity index (χ0) is 15.8. The first-order valence-corrected chi connectivity index (χ1v) is 6.78. The molecule has 2 aliphatic heterocycles. The second-order valence-corrected chi connectivity index (χ2v) is 5.57. The van der Waals surface area contributed by atoms with Crippen LogP contribution in [0.4, 0.5) is 13.2 Å². The van der Waals surface area contributed by atoms with Crippen LogP contribution in [0.5, 0.6) is 0 Å². The maximum Gasteiger partial charge on any atom is 0.410 e. The Kier molecular flexibility index (Phi) is 4.40. The molecule has 2 heterocycles. The van der Waals surface area contributed by atoms with Crippen LogP contribution in [0.25, 0.3) is 0 Å². The number of methoxy groups -OCH3 is 1. The van der Waals surface area contributed by atoms with Crippen molar-refractivity contribution in [1.29, 1.82) is 0 Å². The summed E-state index contributed by atoms with van der Waals surface area (Å²) >= 11 is 0. The van der Waals surface area contributed by atoms with Crippen molar-refractivity contribution in [2.24, 2.45) is 5.92 Å². The zero-order valence-electron chi connectivity index (χ0n) is 11.5. The highest BCUT2D eigenvalue weighted by Gasteiger charge is 2.61. The van der Waals surface area contributed by atoms with Crippen LogP contribution >= 0.6 is 0 Å². The Bertz CT molecular complexity index is 429. The van der Waals surface area contributed by atoms with Gasteiger partial charge < -0.3 is 4.74 Å². The second kappa shape index (κ2) is 5.78. The van der Waals surface area contributed by atoms with Crippen molar-refractivity contribution in [1.82, 2.24) is 4.90 Å². The number of hydrogen-bond donors (Lipinski definition) is 0. The van der Waals surface area contributed by atoms with E-state index < -0.39 is 35.1 Å². The fourth-order valence-corrected chi connectivity index (χ4v) is 3.59. The summed E-state index contributed by atoms with van der Waals surface area (Å²) in [5.74, 6) is -1.65. The molecule has 0 N–H and O–H groups in total. The summed E-state index contributed by atoms with van der Waals surface area (Å²) in [6.45, 7) is 0.212. The fourth-order valence-electron chi connectivity index (χ4n) is 3.59. The molecule has 2 saturated heterocycles. The van der Waals surface area contributed by atoms with Crippen LogP contribution in [0.3, 0.4) is 0 Å². The quantitative estimate of drug-likeness (QED) is 0.450. The van der Waals surface area contributed by atoms with E-state index >= 15 is 0 Å². The molecule has 2 aliphatic rings. The van der Waals surface area contributed by atoms with Crippen molar-refractivity contribution in [2.75, 3.05) is 13.7 Å². The van der Waals surface area contributed by atoms with Gasteiger partial charge in [-0.15, -0.1) is 0 Å². The predicted molar refractivity (Wildman–Crippen MR) is 65.1 cm³/mol. The Balaban J connectivity index is 2.33. The third-order valence-corrected chi connectivity index (χ3v) is 4.40. The van der Waals surface area contributed by atoms with Crippen LogP contribution in [0, 0.1) is 16.0 Å². The lowest BCUT2D eigenvalue weighted by Crippen LogP contribution is -2.63. The van der Waals surface area contributed by atoms with E-state index in [9.17, 15) is 28.1 Å². The molecular formula is C12H17F3N2O4. The second-order valence-electron chi connectivity index (χ2n) is 5.57. The lowest BCUT2D eigenvalue weighted by Gasteiger charge is -2.43. The van der Waals surface area contributed by atoms with Crippen molar-refractivity contribution in [3.63, 3.8) is 0 Å². The number of alkyl halides is 3. The van der Waals surface area contributed by atoms with Crippen molar-refractivity contribution < 1.29 is 27.6 Å². The first kappa shape index (κ1) is 16.0. The SMILES string of the molecule is COC(=O)C[C@@H]1C[C@@H]2CCCN2C(C(F)(F)F)[C@H]1[N+](=O)[O-]. The van der Waals surface area contributed by atoms with Crippen molar-refractivity contribution in [3.05, 3.63) is 10.1 Å². The van der Waals surface area contributed by atoms with Crippen molar-refractivity contribution in [3.8, 4) is 0 Å². The summed E-state index contributed by atoms with van der Waals surface area (Å²) < 4.78 is 44.4. The van der Waals surface area contributed by atoms with Crippen molar-refractivity contribution >= 4 is 5.97 Å². The molecule has 0 saturated carbocycles. The van der Waals surface area contributed by atoms with Crippen LogP contribution in [-0.4, -0.2) is 53.7 Å². The van der Waals surface area contributed by atoms with E-state index in [1.165, 1.54) is 4.90 Å². The Hall–Kier alpha value is -1.38. The average Bonchev–Trinajstić information content (AvgIpc) is 2.82. The average molecular weight is 310 g/mol. The lowest BCUT2D eigenvalue weighted by atomic mass is 9.80. The summed E-state index contributed by atoms with van der Waals surface area (Å²) in [4.78, 5) is 22.9. The van der Waals surface area contributed by atoms with Gasteiger partial charge in [0.15, 0.2) is 6.04 Å². The zero-order valence-corrected chi connectivity index (χ0v) is 11.5. The Labute approximate surface area is 119 Å². The molecule has 2 rings (SSSR count). The number of halogens is 3. The van der Waals surface area contributed by atoms with Gasteiger partial charge in [0.05, 0.1) is 13.5 Å². The van der Waals surface area contributed by atoms with E-state index in [1.807, 2.05) is 0 Å². The molecule has 4 atom stereocenters. The molecule has 0 amide bonds. The molecule has 9 heteroatoms. The largest absolute Gasteiger partial charge is 0.469 e. The van der Waals surface area contributed by atoms with Gasteiger partial charge >= 0.3 is 12.1 Å². The van der Waals surface area contributed by atoms with E-state index in [0.717, 1.165) is 7.11 Å². The van der Waals surface area contributed by atoms with Crippen LogP contribution in [-0.2, 0) is 9.53 Å². The topological polar surface area (TPSA) is 72.7 Å². The van der Waals surface area contributed by atoms with E-state index in [2.05, 4.69) is 4.74 Å². The molecule has 21 heavy (non-hydrogen) atoms. The lowest BCUT2D eigenvalue weighted by molar-refractivity contribution is -0.553. The van der Waals surface area contributed by atoms with E-state index in [1.54, 1.807) is 0 Å². The number of carbonyl (C=O) groups excluding carboxylic acids is 1. The number of rotatable bonds is 3. The third-order valence-electron chi connectivity index (χ3n) is 4.40. The minimum atomic E-state index is -4.69. The normalized spacial score (nSPS) is 33.5. The molecule has 0 aromatic rings. The minimum Gasteiger partial charge on any atom is -0.469 e. The molecule has 0 aromatic carbocycles. The highest BCUT2D eigenvalue weighted by molar-refractivity contribution is 5.69. The van der Waals surface area contributed by atoms with Gasteiger partial charge in [-0.25, -0.2) is 0 Å². The maximum atomic E-state index is 13.3. The molecular weight excluding hydrogens is 293 g/mol. The Morgan fingerprint density at radius 3 is 2.67 bits per heavy atom. The molecule has 6 nitrogen and oxygen atoms in total. The van der Waals surface area contributed by atoms with Crippen LogP contribution < -0.4 is 0 Å². The monoisotopic (exact) mass is 310 g/mol. The number of ether oxygens (including phenoxy) is 1. The first-order chi connectivity index (χ1) is 9.75. The summed E-state index contributed by atoms with van der Waals surface area (Å²) in [7, 11) is 1.12.